The molecule has 0 aromatic heterocycles. The molecule has 0 aliphatic heterocycles. The van der Waals surface area contributed by atoms with Crippen LogP contribution in [0.2, 0.25) is 0 Å². The Morgan fingerprint density at radius 2 is 0.724 bits per heavy atom. The van der Waals surface area contributed by atoms with E-state index in [-0.39, 0.29) is 109 Å². The van der Waals surface area contributed by atoms with E-state index in [0.29, 0.717) is 101 Å². The van der Waals surface area contributed by atoms with Gasteiger partial charge in [0.2, 0.25) is 0 Å². The molecular weight excluding hydrogens is 1240 g/mol. The normalized spacial score (nSPS) is 36.1. The summed E-state index contributed by atoms with van der Waals surface area (Å²) in [4.78, 5) is 98.4. The second-order valence-corrected chi connectivity index (χ2v) is 35.0. The first kappa shape index (κ1) is 77.9. The van der Waals surface area contributed by atoms with Gasteiger partial charge in [-0.3, -0.25) is 24.0 Å². The Labute approximate surface area is 589 Å². The first-order chi connectivity index (χ1) is 46.6. The molecule has 0 radical (unpaired) electrons. The van der Waals surface area contributed by atoms with Gasteiger partial charge in [0.05, 0.1) is 30.1 Å². The van der Waals surface area contributed by atoms with Gasteiger partial charge in [-0.25, -0.2) is 14.4 Å². The molecule has 12 aliphatic carbocycles. The Bertz CT molecular complexity index is 2680. The Morgan fingerprint density at radius 3 is 1.10 bits per heavy atom. The van der Waals surface area contributed by atoms with Gasteiger partial charge in [0.15, 0.2) is 19.8 Å². The zero-order chi connectivity index (χ0) is 71.0. The summed E-state index contributed by atoms with van der Waals surface area (Å²) >= 11 is 0. The molecule has 12 rings (SSSR count). The number of hydrogen-bond donors (Lipinski definition) is 0. The first-order valence-corrected chi connectivity index (χ1v) is 40.1. The zero-order valence-electron chi connectivity index (χ0n) is 63.3. The molecule has 0 heterocycles. The maximum absolute atomic E-state index is 12.6. The van der Waals surface area contributed by atoms with Crippen molar-refractivity contribution in [3.63, 3.8) is 0 Å². The molecule has 12 fully saturated rings. The number of carbonyl (C=O) groups is 8. The Balaban J connectivity index is 0.000000153. The third-order valence-electron chi connectivity index (χ3n) is 29.7. The summed E-state index contributed by atoms with van der Waals surface area (Å²) < 4.78 is 44.3. The van der Waals surface area contributed by atoms with E-state index >= 15 is 0 Å². The van der Waals surface area contributed by atoms with Crippen LogP contribution in [0.1, 0.15) is 290 Å². The standard InChI is InChI=1S/C23H38O4.2C20H32O4.C19H30O4/c1-5-23(6-2,18-10-8-7-9-11-18)27-21(24)14-26-22(25)20-13-17-12-19(20)16(4)15(17)3;1-12-13(2)16-9-14(12)10-17(16)19(22)23-11-18(21)24-20(3,4)15-7-5-6-8-15;1-4-20(8-5-6-9-20)24-18(21)7-10-23-19(22)17-12-15-11-16(17)14(3)13(15)2;1-12-13(2)15-9-14(12)10-16(15)18(21)22-11-17(20)23-19(3)7-5-4-6-8-19/h15-20H,5-14H2,1-4H3;12-17H,5-11H2,1-4H3;13-17H,4-12H2,1-3H3;12-16H,4-11H2,1-3H3. The number of esters is 8. The average Bonchev–Trinajstić information content (AvgIpc) is 1.63. The number of fused-ring (bicyclic) bond motifs is 8. The van der Waals surface area contributed by atoms with E-state index in [9.17, 15) is 38.4 Å². The fraction of sp³-hybridized carbons (Fsp3) is 0.902. The van der Waals surface area contributed by atoms with Crippen LogP contribution in [0.5, 0.6) is 0 Å². The van der Waals surface area contributed by atoms with Gasteiger partial charge in [-0.15, -0.1) is 0 Å². The molecule has 0 aromatic rings. The van der Waals surface area contributed by atoms with E-state index in [1.807, 2.05) is 20.8 Å². The van der Waals surface area contributed by atoms with Gasteiger partial charge in [0, 0.05) is 0 Å². The maximum atomic E-state index is 12.6. The number of ether oxygens (including phenoxy) is 8. The SMILES string of the molecule is CC1C2CC(C(=O)OCC(=O)OC(C)(C)C3CCCC3)C(C2)C1C.CC1C2CC(C(=O)OCC(=O)OC3(C)CCCCC3)C(C2)C1C.CCC(CC)(OC(=O)COC(=O)C1CC2CC1C(C)C2C)C1CCCCC1.CCC1(OC(=O)CCOC(=O)C2CC3CC2C(C)C3C)CCCC1. The second kappa shape index (κ2) is 33.9. The molecule has 0 N–H and O–H groups in total. The van der Waals surface area contributed by atoms with Crippen LogP contribution in [0.3, 0.4) is 0 Å². The smallest absolute Gasteiger partial charge is 0.344 e. The Hall–Kier alpha value is -4.24. The topological polar surface area (TPSA) is 210 Å². The highest BCUT2D eigenvalue weighted by Gasteiger charge is 2.56. The van der Waals surface area contributed by atoms with Crippen molar-refractivity contribution >= 4 is 47.8 Å². The molecule has 0 saturated heterocycles. The Morgan fingerprint density at radius 1 is 0.378 bits per heavy atom. The largest absolute Gasteiger partial charge is 0.465 e. The van der Waals surface area contributed by atoms with Crippen LogP contribution < -0.4 is 0 Å². The number of rotatable bonds is 22. The molecule has 98 heavy (non-hydrogen) atoms. The highest BCUT2D eigenvalue weighted by molar-refractivity contribution is 5.80. The van der Waals surface area contributed by atoms with Gasteiger partial charge in [-0.1, -0.05) is 115 Å². The molecule has 556 valence electrons. The Kier molecular flexibility index (Phi) is 27.0. The van der Waals surface area contributed by atoms with Crippen molar-refractivity contribution in [3.05, 3.63) is 0 Å². The van der Waals surface area contributed by atoms with E-state index in [1.165, 1.54) is 44.9 Å². The first-order valence-electron chi connectivity index (χ1n) is 40.1. The molecule has 8 bridgehead atoms. The predicted molar refractivity (Wildman–Crippen MR) is 374 cm³/mol. The van der Waals surface area contributed by atoms with Crippen LogP contribution in [0.15, 0.2) is 0 Å². The summed E-state index contributed by atoms with van der Waals surface area (Å²) in [5, 5.41) is 0. The molecule has 0 amide bonds. The number of hydrogen-bond acceptors (Lipinski definition) is 16. The third kappa shape index (κ3) is 18.2. The van der Waals surface area contributed by atoms with Crippen molar-refractivity contribution in [2.24, 2.45) is 130 Å². The van der Waals surface area contributed by atoms with Crippen molar-refractivity contribution in [1.82, 2.24) is 0 Å². The van der Waals surface area contributed by atoms with Gasteiger partial charge in [-0.05, 0) is 275 Å². The molecule has 0 spiro atoms. The highest BCUT2D eigenvalue weighted by atomic mass is 16.6. The van der Waals surface area contributed by atoms with Crippen molar-refractivity contribution in [3.8, 4) is 0 Å². The third-order valence-corrected chi connectivity index (χ3v) is 29.7. The molecule has 20 atom stereocenters. The molecular formula is C82H132O16. The summed E-state index contributed by atoms with van der Waals surface area (Å²) in [6, 6.07) is 0. The van der Waals surface area contributed by atoms with Gasteiger partial charge in [0.1, 0.15) is 29.0 Å². The van der Waals surface area contributed by atoms with Crippen LogP contribution >= 0.6 is 0 Å². The minimum Gasteiger partial charge on any atom is -0.465 e. The summed E-state index contributed by atoms with van der Waals surface area (Å²) in [7, 11) is 0. The lowest BCUT2D eigenvalue weighted by atomic mass is 9.74. The molecule has 12 saturated carbocycles. The van der Waals surface area contributed by atoms with Gasteiger partial charge < -0.3 is 37.9 Å². The predicted octanol–water partition coefficient (Wildman–Crippen LogP) is 16.9. The van der Waals surface area contributed by atoms with Gasteiger partial charge in [0.25, 0.3) is 0 Å². The summed E-state index contributed by atoms with van der Waals surface area (Å²) in [5.41, 5.74) is -1.47. The minimum atomic E-state index is -0.462. The van der Waals surface area contributed by atoms with Crippen molar-refractivity contribution < 1.29 is 76.3 Å². The van der Waals surface area contributed by atoms with Crippen LogP contribution in [-0.4, -0.2) is 96.6 Å². The van der Waals surface area contributed by atoms with Gasteiger partial charge >= 0.3 is 47.8 Å². The van der Waals surface area contributed by atoms with E-state index < -0.39 is 17.5 Å². The van der Waals surface area contributed by atoms with E-state index in [0.717, 1.165) is 147 Å². The summed E-state index contributed by atoms with van der Waals surface area (Å²) in [6.07, 6.45) is 31.2. The number of carbonyl (C=O) groups excluding carboxylic acids is 8. The maximum Gasteiger partial charge on any atom is 0.344 e. The monoisotopic (exact) mass is 1370 g/mol. The minimum absolute atomic E-state index is 0.00994. The van der Waals surface area contributed by atoms with Crippen LogP contribution in [0.4, 0.5) is 0 Å². The van der Waals surface area contributed by atoms with Gasteiger partial charge in [-0.2, -0.15) is 0 Å². The van der Waals surface area contributed by atoms with E-state index in [4.69, 9.17) is 37.9 Å². The zero-order valence-corrected chi connectivity index (χ0v) is 63.3. The quantitative estimate of drug-likeness (QED) is 0.0729. The lowest BCUT2D eigenvalue weighted by molar-refractivity contribution is -0.179. The van der Waals surface area contributed by atoms with E-state index in [1.54, 1.807) is 0 Å². The molecule has 0 aromatic carbocycles. The summed E-state index contributed by atoms with van der Waals surface area (Å²) in [6.45, 7) is 29.9. The molecule has 16 nitrogen and oxygen atoms in total. The van der Waals surface area contributed by atoms with Crippen molar-refractivity contribution in [2.75, 3.05) is 26.4 Å². The lowest BCUT2D eigenvalue weighted by Gasteiger charge is -2.41. The highest BCUT2D eigenvalue weighted by Crippen LogP contribution is 2.59. The fourth-order valence-corrected chi connectivity index (χ4v) is 22.4. The van der Waals surface area contributed by atoms with Crippen molar-refractivity contribution in [2.45, 2.75) is 312 Å². The summed E-state index contributed by atoms with van der Waals surface area (Å²) in [5.74, 6) is 8.39. The average molecular weight is 1370 g/mol. The van der Waals surface area contributed by atoms with E-state index in [2.05, 4.69) is 76.2 Å². The van der Waals surface area contributed by atoms with Crippen molar-refractivity contribution in [1.29, 1.82) is 0 Å². The van der Waals surface area contributed by atoms with Crippen LogP contribution in [-0.2, 0) is 76.3 Å². The fourth-order valence-electron chi connectivity index (χ4n) is 22.4. The molecule has 12 aliphatic rings. The van der Waals surface area contributed by atoms with Crippen LogP contribution in [0.25, 0.3) is 0 Å². The second-order valence-electron chi connectivity index (χ2n) is 35.0. The lowest BCUT2D eigenvalue weighted by Crippen LogP contribution is -2.43. The van der Waals surface area contributed by atoms with Crippen LogP contribution in [0, 0.1) is 130 Å². The molecule has 16 heteroatoms. The molecule has 20 unspecified atom stereocenters.